The SMILES string of the molecule is Cc1cc(C(C(F)(F)F)C(F)(F)F)cc(C)c1Br. The van der Waals surface area contributed by atoms with E-state index in [0.29, 0.717) is 15.6 Å². The maximum absolute atomic E-state index is 12.5. The van der Waals surface area contributed by atoms with Crippen molar-refractivity contribution in [2.24, 2.45) is 0 Å². The van der Waals surface area contributed by atoms with Crippen LogP contribution in [0, 0.1) is 13.8 Å². The fourth-order valence-electron chi connectivity index (χ4n) is 1.71. The third-order valence-corrected chi connectivity index (χ3v) is 3.70. The van der Waals surface area contributed by atoms with Gasteiger partial charge in [0.15, 0.2) is 5.92 Å². The van der Waals surface area contributed by atoms with Crippen molar-refractivity contribution in [1.82, 2.24) is 0 Å². The first-order chi connectivity index (χ1) is 7.94. The molecule has 1 aromatic carbocycles. The summed E-state index contributed by atoms with van der Waals surface area (Å²) in [7, 11) is 0. The molecule has 0 amide bonds. The number of aryl methyl sites for hydroxylation is 2. The van der Waals surface area contributed by atoms with Crippen molar-refractivity contribution in [2.45, 2.75) is 32.1 Å². The van der Waals surface area contributed by atoms with Gasteiger partial charge in [-0.15, -0.1) is 0 Å². The molecule has 0 saturated carbocycles. The molecule has 0 nitrogen and oxygen atoms in total. The van der Waals surface area contributed by atoms with Crippen LogP contribution in [0.5, 0.6) is 0 Å². The summed E-state index contributed by atoms with van der Waals surface area (Å²) in [6, 6.07) is 1.81. The number of alkyl halides is 6. The molecular weight excluding hydrogens is 326 g/mol. The highest BCUT2D eigenvalue weighted by Crippen LogP contribution is 2.47. The average Bonchev–Trinajstić information content (AvgIpc) is 2.08. The standard InChI is InChI=1S/C11H9BrF6/c1-5-3-7(4-6(2)8(5)12)9(10(13,14)15)11(16,17)18/h3-4,9H,1-2H3. The molecule has 0 saturated heterocycles. The Kier molecular flexibility index (Phi) is 4.05. The minimum absolute atomic E-state index is 0.337. The second-order valence-corrected chi connectivity index (χ2v) is 4.78. The lowest BCUT2D eigenvalue weighted by atomic mass is 9.94. The van der Waals surface area contributed by atoms with Gasteiger partial charge in [-0.2, -0.15) is 26.3 Å². The van der Waals surface area contributed by atoms with E-state index in [4.69, 9.17) is 0 Å². The van der Waals surface area contributed by atoms with Crippen LogP contribution < -0.4 is 0 Å². The van der Waals surface area contributed by atoms with E-state index in [2.05, 4.69) is 15.9 Å². The van der Waals surface area contributed by atoms with E-state index in [1.807, 2.05) is 0 Å². The summed E-state index contributed by atoms with van der Waals surface area (Å²) < 4.78 is 75.7. The van der Waals surface area contributed by atoms with Crippen molar-refractivity contribution in [3.63, 3.8) is 0 Å². The summed E-state index contributed by atoms with van der Waals surface area (Å²) in [5, 5.41) is 0. The van der Waals surface area contributed by atoms with Crippen molar-refractivity contribution >= 4 is 15.9 Å². The summed E-state index contributed by atoms with van der Waals surface area (Å²) in [6.07, 6.45) is -10.7. The van der Waals surface area contributed by atoms with Crippen LogP contribution in [0.25, 0.3) is 0 Å². The largest absolute Gasteiger partial charge is 0.404 e. The van der Waals surface area contributed by atoms with Gasteiger partial charge in [0.2, 0.25) is 0 Å². The first-order valence-corrected chi connectivity index (χ1v) is 5.64. The topological polar surface area (TPSA) is 0 Å². The van der Waals surface area contributed by atoms with Crippen LogP contribution >= 0.6 is 15.9 Å². The lowest BCUT2D eigenvalue weighted by Crippen LogP contribution is -2.34. The van der Waals surface area contributed by atoms with E-state index in [1.54, 1.807) is 0 Å². The normalized spacial score (nSPS) is 13.2. The van der Waals surface area contributed by atoms with Crippen molar-refractivity contribution in [3.05, 3.63) is 33.3 Å². The zero-order chi connectivity index (χ0) is 14.3. The Morgan fingerprint density at radius 3 is 1.50 bits per heavy atom. The third-order valence-electron chi connectivity index (χ3n) is 2.45. The quantitative estimate of drug-likeness (QED) is 0.613. The van der Waals surface area contributed by atoms with Crippen LogP contribution in [-0.4, -0.2) is 12.4 Å². The summed E-state index contributed by atoms with van der Waals surface area (Å²) in [6.45, 7) is 2.90. The fourth-order valence-corrected chi connectivity index (χ4v) is 1.94. The molecule has 1 aromatic rings. The second kappa shape index (κ2) is 4.75. The van der Waals surface area contributed by atoms with Crippen LogP contribution in [0.3, 0.4) is 0 Å². The Hall–Kier alpha value is -0.720. The molecule has 0 bridgehead atoms. The minimum atomic E-state index is -5.36. The van der Waals surface area contributed by atoms with E-state index in [0.717, 1.165) is 12.1 Å². The maximum Gasteiger partial charge on any atom is 0.404 e. The maximum atomic E-state index is 12.5. The van der Waals surface area contributed by atoms with E-state index < -0.39 is 23.8 Å². The summed E-state index contributed by atoms with van der Waals surface area (Å²) in [5.41, 5.74) is -0.111. The van der Waals surface area contributed by atoms with Gasteiger partial charge in [0.1, 0.15) is 0 Å². The molecule has 7 heteroatoms. The molecule has 0 aromatic heterocycles. The van der Waals surface area contributed by atoms with Crippen LogP contribution in [0.15, 0.2) is 16.6 Å². The summed E-state index contributed by atoms with van der Waals surface area (Å²) in [4.78, 5) is 0. The predicted molar refractivity (Wildman–Crippen MR) is 58.5 cm³/mol. The van der Waals surface area contributed by atoms with Crippen molar-refractivity contribution in [2.75, 3.05) is 0 Å². The lowest BCUT2D eigenvalue weighted by Gasteiger charge is -2.24. The molecule has 1 rings (SSSR count). The van der Waals surface area contributed by atoms with Gasteiger partial charge in [-0.1, -0.05) is 28.1 Å². The molecule has 0 atom stereocenters. The van der Waals surface area contributed by atoms with E-state index in [1.165, 1.54) is 13.8 Å². The van der Waals surface area contributed by atoms with Gasteiger partial charge in [0.05, 0.1) is 0 Å². The predicted octanol–water partition coefficient (Wildman–Crippen LogP) is 5.27. The van der Waals surface area contributed by atoms with Crippen LogP contribution in [-0.2, 0) is 0 Å². The van der Waals surface area contributed by atoms with Crippen LogP contribution in [0.1, 0.15) is 22.6 Å². The summed E-state index contributed by atoms with van der Waals surface area (Å²) in [5.74, 6) is -3.45. The monoisotopic (exact) mass is 334 g/mol. The zero-order valence-corrected chi connectivity index (χ0v) is 11.0. The first-order valence-electron chi connectivity index (χ1n) is 4.84. The molecule has 0 aliphatic rings. The Morgan fingerprint density at radius 1 is 0.889 bits per heavy atom. The molecular formula is C11H9BrF6. The molecule has 0 aliphatic heterocycles. The van der Waals surface area contributed by atoms with E-state index >= 15 is 0 Å². The number of hydrogen-bond donors (Lipinski definition) is 0. The Balaban J connectivity index is 3.41. The molecule has 0 aliphatic carbocycles. The van der Waals surface area contributed by atoms with Gasteiger partial charge in [0, 0.05) is 4.47 Å². The molecule has 18 heavy (non-hydrogen) atoms. The second-order valence-electron chi connectivity index (χ2n) is 3.98. The van der Waals surface area contributed by atoms with Crippen LogP contribution in [0.4, 0.5) is 26.3 Å². The first kappa shape index (κ1) is 15.3. The molecule has 0 radical (unpaired) electrons. The molecule has 0 N–H and O–H groups in total. The summed E-state index contributed by atoms with van der Waals surface area (Å²) >= 11 is 3.10. The minimum Gasteiger partial charge on any atom is -0.170 e. The lowest BCUT2D eigenvalue weighted by molar-refractivity contribution is -0.253. The van der Waals surface area contributed by atoms with Gasteiger partial charge in [-0.25, -0.2) is 0 Å². The van der Waals surface area contributed by atoms with Gasteiger partial charge >= 0.3 is 12.4 Å². The smallest absolute Gasteiger partial charge is 0.170 e. The van der Waals surface area contributed by atoms with Gasteiger partial charge in [-0.05, 0) is 30.5 Å². The number of hydrogen-bond acceptors (Lipinski definition) is 0. The molecule has 102 valence electrons. The van der Waals surface area contributed by atoms with Gasteiger partial charge in [-0.3, -0.25) is 0 Å². The van der Waals surface area contributed by atoms with E-state index in [9.17, 15) is 26.3 Å². The van der Waals surface area contributed by atoms with Gasteiger partial charge in [0.25, 0.3) is 0 Å². The van der Waals surface area contributed by atoms with E-state index in [-0.39, 0.29) is 0 Å². The molecule has 0 fully saturated rings. The third kappa shape index (κ3) is 3.18. The number of benzene rings is 1. The zero-order valence-electron chi connectivity index (χ0n) is 9.38. The van der Waals surface area contributed by atoms with Crippen molar-refractivity contribution < 1.29 is 26.3 Å². The highest BCUT2D eigenvalue weighted by molar-refractivity contribution is 9.10. The number of halogens is 7. The fraction of sp³-hybridized carbons (Fsp3) is 0.455. The van der Waals surface area contributed by atoms with Crippen molar-refractivity contribution in [3.8, 4) is 0 Å². The Labute approximate surface area is 108 Å². The Morgan fingerprint density at radius 2 is 1.22 bits per heavy atom. The average molecular weight is 335 g/mol. The molecule has 0 spiro atoms. The highest BCUT2D eigenvalue weighted by Gasteiger charge is 2.57. The Bertz CT molecular complexity index is 409. The molecule has 0 unspecified atom stereocenters. The van der Waals surface area contributed by atoms with Gasteiger partial charge < -0.3 is 0 Å². The molecule has 0 heterocycles. The number of rotatable bonds is 1. The van der Waals surface area contributed by atoms with Crippen molar-refractivity contribution in [1.29, 1.82) is 0 Å². The highest BCUT2D eigenvalue weighted by atomic mass is 79.9. The van der Waals surface area contributed by atoms with Crippen LogP contribution in [0.2, 0.25) is 0 Å².